The summed E-state index contributed by atoms with van der Waals surface area (Å²) in [5.41, 5.74) is 9.24. The molecule has 41 heavy (non-hydrogen) atoms. The molecule has 6 heteroatoms. The van der Waals surface area contributed by atoms with Crippen molar-refractivity contribution in [2.75, 3.05) is 32.8 Å². The number of rotatable bonds is 7. The van der Waals surface area contributed by atoms with Gasteiger partial charge in [-0.25, -0.2) is 0 Å². The number of benzene rings is 5. The second-order valence-electron chi connectivity index (χ2n) is 10.3. The van der Waals surface area contributed by atoms with E-state index < -0.39 is 6.04 Å². The van der Waals surface area contributed by atoms with Crippen molar-refractivity contribution in [1.29, 1.82) is 0 Å². The number of aliphatic hydroxyl groups excluding tert-OH is 3. The minimum absolute atomic E-state index is 0.150. The number of hydrogen-bond donors (Lipinski definition) is 3. The summed E-state index contributed by atoms with van der Waals surface area (Å²) in [5, 5.41) is 32.7. The average Bonchev–Trinajstić information content (AvgIpc) is 3.03. The number of aliphatic hydroxyl groups is 3. The zero-order valence-electron chi connectivity index (χ0n) is 23.4. The maximum absolute atomic E-state index is 10.6. The van der Waals surface area contributed by atoms with E-state index in [0.29, 0.717) is 22.6 Å². The van der Waals surface area contributed by atoms with Crippen LogP contribution in [0.4, 0.5) is 5.69 Å². The van der Waals surface area contributed by atoms with Gasteiger partial charge in [0.25, 0.3) is 0 Å². The first-order valence-corrected chi connectivity index (χ1v) is 13.6. The van der Waals surface area contributed by atoms with Crippen LogP contribution >= 0.6 is 0 Å². The maximum Gasteiger partial charge on any atom is 0.169 e. The zero-order valence-corrected chi connectivity index (χ0v) is 23.4. The summed E-state index contributed by atoms with van der Waals surface area (Å²) in [6.45, 7) is -0.554. The molecule has 0 spiro atoms. The second kappa shape index (κ2) is 10.9. The highest BCUT2D eigenvalue weighted by Gasteiger charge is 2.33. The highest BCUT2D eigenvalue weighted by atomic mass is 16.5. The smallest absolute Gasteiger partial charge is 0.169 e. The molecule has 6 nitrogen and oxygen atoms in total. The molecular weight excluding hydrogens is 514 g/mol. The van der Waals surface area contributed by atoms with Gasteiger partial charge in [-0.3, -0.25) is 0 Å². The Morgan fingerprint density at radius 1 is 0.707 bits per heavy atom. The minimum atomic E-state index is -0.404. The van der Waals surface area contributed by atoms with E-state index in [2.05, 4.69) is 53.4 Å². The number of nitrogens with zero attached hydrogens (tertiary/aromatic N) is 1. The quantitative estimate of drug-likeness (QED) is 0.221. The molecule has 1 aliphatic rings. The van der Waals surface area contributed by atoms with Crippen LogP contribution in [-0.4, -0.2) is 43.2 Å². The van der Waals surface area contributed by atoms with Gasteiger partial charge in [0, 0.05) is 23.6 Å². The summed E-state index contributed by atoms with van der Waals surface area (Å²) in [6.07, 6.45) is 0. The summed E-state index contributed by atoms with van der Waals surface area (Å²) in [5.74, 6) is 1.27. The number of hydrogen-bond acceptors (Lipinski definition) is 6. The highest BCUT2D eigenvalue weighted by Crippen LogP contribution is 2.53. The fraction of sp³-hybridized carbons (Fsp3) is 0.200. The first-order chi connectivity index (χ1) is 20.1. The Balaban J connectivity index is 1.63. The second-order valence-corrected chi connectivity index (χ2v) is 10.3. The van der Waals surface area contributed by atoms with Crippen molar-refractivity contribution in [3.8, 4) is 44.9 Å². The molecule has 5 aromatic rings. The molecule has 0 amide bonds. The van der Waals surface area contributed by atoms with Gasteiger partial charge >= 0.3 is 0 Å². The van der Waals surface area contributed by atoms with Crippen molar-refractivity contribution in [1.82, 2.24) is 0 Å². The average molecular weight is 548 g/mol. The molecule has 0 radical (unpaired) electrons. The summed E-state index contributed by atoms with van der Waals surface area (Å²) in [4.78, 5) is 2.06. The molecule has 5 aromatic carbocycles. The van der Waals surface area contributed by atoms with Gasteiger partial charge < -0.3 is 29.7 Å². The van der Waals surface area contributed by atoms with Gasteiger partial charge in [0.2, 0.25) is 0 Å². The Bertz CT molecular complexity index is 1730. The lowest BCUT2D eigenvalue weighted by molar-refractivity contribution is 0.247. The Labute approximate surface area is 239 Å². The maximum atomic E-state index is 10.6. The standard InChI is InChI=1S/C35H33NO5/c1-36-30(20-39)33-25(14-13-24(18-37)29(33)19-38)27-16-15-26-28(34(27)36)17-31(40-2)35(41-3)32(26)23-11-9-22(10-12-23)21-7-5-4-6-8-21/h4-17,30,37-39H,18-20H2,1-3H3. The number of fused-ring (bicyclic) bond motifs is 5. The molecule has 3 N–H and O–H groups in total. The Kier molecular flexibility index (Phi) is 7.14. The van der Waals surface area contributed by atoms with Crippen LogP contribution < -0.4 is 14.4 Å². The van der Waals surface area contributed by atoms with Crippen LogP contribution in [0.15, 0.2) is 84.9 Å². The van der Waals surface area contributed by atoms with Crippen molar-refractivity contribution < 1.29 is 24.8 Å². The van der Waals surface area contributed by atoms with Crippen LogP contribution in [0.25, 0.3) is 44.2 Å². The van der Waals surface area contributed by atoms with E-state index in [4.69, 9.17) is 9.47 Å². The number of likely N-dealkylation sites (N-methyl/N-ethyl adjacent to an activating group) is 1. The van der Waals surface area contributed by atoms with Crippen LogP contribution in [0.3, 0.4) is 0 Å². The van der Waals surface area contributed by atoms with Gasteiger partial charge in [-0.2, -0.15) is 0 Å². The minimum Gasteiger partial charge on any atom is -0.493 e. The van der Waals surface area contributed by atoms with E-state index in [1.807, 2.05) is 43.4 Å². The lowest BCUT2D eigenvalue weighted by Gasteiger charge is -2.39. The zero-order chi connectivity index (χ0) is 28.7. The Hall–Kier alpha value is -4.36. The summed E-state index contributed by atoms with van der Waals surface area (Å²) in [6, 6.07) is 28.4. The third-order valence-electron chi connectivity index (χ3n) is 8.32. The van der Waals surface area contributed by atoms with Crippen molar-refractivity contribution in [2.45, 2.75) is 19.3 Å². The lowest BCUT2D eigenvalue weighted by atomic mass is 9.81. The van der Waals surface area contributed by atoms with Crippen LogP contribution in [0.1, 0.15) is 22.7 Å². The molecular formula is C35H33NO5. The topological polar surface area (TPSA) is 82.4 Å². The summed E-state index contributed by atoms with van der Waals surface area (Å²) < 4.78 is 11.8. The number of anilines is 1. The first kappa shape index (κ1) is 26.8. The molecule has 0 saturated heterocycles. The van der Waals surface area contributed by atoms with Crippen LogP contribution in [0, 0.1) is 0 Å². The molecule has 1 unspecified atom stereocenters. The Morgan fingerprint density at radius 3 is 2.02 bits per heavy atom. The lowest BCUT2D eigenvalue weighted by Crippen LogP contribution is -2.32. The molecule has 0 fully saturated rings. The molecule has 0 saturated carbocycles. The van der Waals surface area contributed by atoms with Crippen LogP contribution in [0.5, 0.6) is 11.5 Å². The normalized spacial score (nSPS) is 14.1. The molecule has 208 valence electrons. The molecule has 1 aliphatic heterocycles. The van der Waals surface area contributed by atoms with E-state index in [1.54, 1.807) is 14.2 Å². The van der Waals surface area contributed by atoms with Crippen molar-refractivity contribution >= 4 is 16.5 Å². The van der Waals surface area contributed by atoms with E-state index >= 15 is 0 Å². The number of methoxy groups -OCH3 is 2. The molecule has 0 bridgehead atoms. The summed E-state index contributed by atoms with van der Waals surface area (Å²) >= 11 is 0. The third kappa shape index (κ3) is 4.23. The van der Waals surface area contributed by atoms with E-state index in [9.17, 15) is 15.3 Å². The number of ether oxygens (including phenoxy) is 2. The van der Waals surface area contributed by atoms with E-state index in [1.165, 1.54) is 0 Å². The first-order valence-electron chi connectivity index (χ1n) is 13.6. The molecule has 0 aliphatic carbocycles. The van der Waals surface area contributed by atoms with E-state index in [0.717, 1.165) is 55.4 Å². The molecule has 1 heterocycles. The van der Waals surface area contributed by atoms with Gasteiger partial charge in [0.1, 0.15) is 0 Å². The van der Waals surface area contributed by atoms with Crippen molar-refractivity contribution in [3.05, 3.63) is 102 Å². The Morgan fingerprint density at radius 2 is 1.39 bits per heavy atom. The molecule has 1 atom stereocenters. The van der Waals surface area contributed by atoms with Crippen molar-refractivity contribution in [2.24, 2.45) is 0 Å². The monoisotopic (exact) mass is 547 g/mol. The van der Waals surface area contributed by atoms with Gasteiger partial charge in [-0.05, 0) is 50.4 Å². The fourth-order valence-corrected chi connectivity index (χ4v) is 6.34. The van der Waals surface area contributed by atoms with Gasteiger partial charge in [-0.1, -0.05) is 78.9 Å². The predicted octanol–water partition coefficient (Wildman–Crippen LogP) is 6.33. The largest absolute Gasteiger partial charge is 0.493 e. The molecule has 0 aromatic heterocycles. The van der Waals surface area contributed by atoms with Crippen LogP contribution in [-0.2, 0) is 13.2 Å². The van der Waals surface area contributed by atoms with Crippen molar-refractivity contribution in [3.63, 3.8) is 0 Å². The van der Waals surface area contributed by atoms with Crippen LogP contribution in [0.2, 0.25) is 0 Å². The highest BCUT2D eigenvalue weighted by molar-refractivity contribution is 6.12. The van der Waals surface area contributed by atoms with E-state index in [-0.39, 0.29) is 19.8 Å². The molecule has 6 rings (SSSR count). The predicted molar refractivity (Wildman–Crippen MR) is 163 cm³/mol. The van der Waals surface area contributed by atoms with Gasteiger partial charge in [0.15, 0.2) is 11.5 Å². The third-order valence-corrected chi connectivity index (χ3v) is 8.32. The SMILES string of the molecule is COc1cc2c3c(ccc2c(-c2ccc(-c4ccccc4)cc2)c1OC)-c1ccc(CO)c(CO)c1C(CO)N3C. The summed E-state index contributed by atoms with van der Waals surface area (Å²) in [7, 11) is 5.25. The fourth-order valence-electron chi connectivity index (χ4n) is 6.34. The van der Waals surface area contributed by atoms with Gasteiger partial charge in [0.05, 0.1) is 45.8 Å². The van der Waals surface area contributed by atoms with Gasteiger partial charge in [-0.15, -0.1) is 0 Å².